The molecule has 0 aliphatic carbocycles. The van der Waals surface area contributed by atoms with Gasteiger partial charge in [0.25, 0.3) is 5.91 Å². The lowest BCUT2D eigenvalue weighted by Gasteiger charge is -2.18. The van der Waals surface area contributed by atoms with E-state index in [0.717, 1.165) is 5.56 Å². The number of hydrogen-bond donors (Lipinski definition) is 4. The van der Waals surface area contributed by atoms with Crippen molar-refractivity contribution >= 4 is 28.3 Å². The van der Waals surface area contributed by atoms with E-state index in [1.54, 1.807) is 18.2 Å². The van der Waals surface area contributed by atoms with E-state index in [1.165, 1.54) is 12.1 Å². The quantitative estimate of drug-likeness (QED) is 0.444. The first-order valence-corrected chi connectivity index (χ1v) is 9.68. The summed E-state index contributed by atoms with van der Waals surface area (Å²) < 4.78 is 26.4. The third-order valence-electron chi connectivity index (χ3n) is 3.76. The fourth-order valence-corrected chi connectivity index (χ4v) is 3.40. The van der Waals surface area contributed by atoms with Crippen molar-refractivity contribution in [1.82, 2.24) is 10.0 Å². The minimum absolute atomic E-state index is 0. The van der Waals surface area contributed by atoms with Crippen molar-refractivity contribution in [3.8, 4) is 0 Å². The number of nitrogens with two attached hydrogens (primary N) is 1. The van der Waals surface area contributed by atoms with Crippen LogP contribution < -0.4 is 15.8 Å². The SMILES string of the molecule is Cl.N[C@@H](Cc1ccccc1)C(O)C(=O)NCCNS(=O)(=O)c1ccccc1. The zero-order chi connectivity index (χ0) is 19.0. The molecule has 1 unspecified atom stereocenters. The van der Waals surface area contributed by atoms with Gasteiger partial charge in [0.1, 0.15) is 6.10 Å². The van der Waals surface area contributed by atoms with Crippen LogP contribution in [0.5, 0.6) is 0 Å². The molecule has 0 aliphatic heterocycles. The molecule has 2 atom stereocenters. The van der Waals surface area contributed by atoms with Crippen LogP contribution in [0.3, 0.4) is 0 Å². The second kappa shape index (κ2) is 11.0. The number of aliphatic hydroxyl groups is 1. The van der Waals surface area contributed by atoms with Crippen LogP contribution in [-0.2, 0) is 21.2 Å². The van der Waals surface area contributed by atoms with E-state index in [4.69, 9.17) is 5.73 Å². The second-order valence-corrected chi connectivity index (χ2v) is 7.57. The summed E-state index contributed by atoms with van der Waals surface area (Å²) >= 11 is 0. The number of halogens is 1. The highest BCUT2D eigenvalue weighted by atomic mass is 35.5. The van der Waals surface area contributed by atoms with E-state index in [2.05, 4.69) is 10.0 Å². The third kappa shape index (κ3) is 7.28. The number of rotatable bonds is 9. The van der Waals surface area contributed by atoms with Crippen molar-refractivity contribution in [3.05, 3.63) is 66.2 Å². The molecule has 2 rings (SSSR count). The summed E-state index contributed by atoms with van der Waals surface area (Å²) in [5.41, 5.74) is 6.80. The summed E-state index contributed by atoms with van der Waals surface area (Å²) in [5, 5.41) is 12.5. The standard InChI is InChI=1S/C18H23N3O4S.ClH/c19-16(13-14-7-3-1-4-8-14)17(22)18(23)20-11-12-21-26(24,25)15-9-5-2-6-10-15;/h1-10,16-17,21-22H,11-13,19H2,(H,20,23);1H/t16-,17?;/m0./s1. The van der Waals surface area contributed by atoms with Crippen LogP contribution in [0.15, 0.2) is 65.6 Å². The maximum atomic E-state index is 12.0. The van der Waals surface area contributed by atoms with Gasteiger partial charge in [0.15, 0.2) is 0 Å². The smallest absolute Gasteiger partial charge is 0.250 e. The Morgan fingerprint density at radius 3 is 2.15 bits per heavy atom. The molecule has 0 spiro atoms. The Bertz CT molecular complexity index is 804. The predicted octanol–water partition coefficient (Wildman–Crippen LogP) is 0.434. The lowest BCUT2D eigenvalue weighted by molar-refractivity contribution is -0.130. The zero-order valence-corrected chi connectivity index (χ0v) is 16.2. The number of carbonyl (C=O) groups excluding carboxylic acids is 1. The number of hydrogen-bond acceptors (Lipinski definition) is 5. The molecular formula is C18H24ClN3O4S. The highest BCUT2D eigenvalue weighted by Gasteiger charge is 2.23. The van der Waals surface area contributed by atoms with Gasteiger partial charge >= 0.3 is 0 Å². The Morgan fingerprint density at radius 1 is 1.00 bits per heavy atom. The molecule has 148 valence electrons. The van der Waals surface area contributed by atoms with Crippen LogP contribution in [0, 0.1) is 0 Å². The van der Waals surface area contributed by atoms with E-state index in [1.807, 2.05) is 30.3 Å². The van der Waals surface area contributed by atoms with Gasteiger partial charge in [-0.05, 0) is 24.1 Å². The Hall–Kier alpha value is -1.97. The number of aliphatic hydroxyl groups excluding tert-OH is 1. The lowest BCUT2D eigenvalue weighted by Crippen LogP contribution is -2.48. The number of carbonyl (C=O) groups is 1. The largest absolute Gasteiger partial charge is 0.382 e. The molecule has 0 saturated heterocycles. The van der Waals surface area contributed by atoms with Gasteiger partial charge in [-0.3, -0.25) is 4.79 Å². The maximum absolute atomic E-state index is 12.0. The normalized spacial score (nSPS) is 13.3. The predicted molar refractivity (Wildman–Crippen MR) is 106 cm³/mol. The minimum Gasteiger partial charge on any atom is -0.382 e. The summed E-state index contributed by atoms with van der Waals surface area (Å²) in [7, 11) is -3.62. The molecule has 27 heavy (non-hydrogen) atoms. The highest BCUT2D eigenvalue weighted by Crippen LogP contribution is 2.06. The molecular weight excluding hydrogens is 390 g/mol. The van der Waals surface area contributed by atoms with E-state index in [-0.39, 0.29) is 30.4 Å². The first-order valence-electron chi connectivity index (χ1n) is 8.20. The molecule has 1 amide bonds. The molecule has 2 aromatic carbocycles. The number of benzene rings is 2. The molecule has 5 N–H and O–H groups in total. The van der Waals surface area contributed by atoms with Crippen molar-refractivity contribution in [1.29, 1.82) is 0 Å². The van der Waals surface area contributed by atoms with Crippen LogP contribution in [0.4, 0.5) is 0 Å². The van der Waals surface area contributed by atoms with Gasteiger partial charge in [0.2, 0.25) is 10.0 Å². The molecule has 2 aromatic rings. The van der Waals surface area contributed by atoms with Crippen LogP contribution in [0.1, 0.15) is 5.56 Å². The topological polar surface area (TPSA) is 122 Å². The first-order chi connectivity index (χ1) is 12.4. The van der Waals surface area contributed by atoms with Crippen LogP contribution in [0.25, 0.3) is 0 Å². The summed E-state index contributed by atoms with van der Waals surface area (Å²) in [5.74, 6) is -0.632. The monoisotopic (exact) mass is 413 g/mol. The molecule has 0 bridgehead atoms. The summed E-state index contributed by atoms with van der Waals surface area (Å²) in [6.45, 7) is 0.0453. The second-order valence-electron chi connectivity index (χ2n) is 5.80. The molecule has 0 aromatic heterocycles. The first kappa shape index (κ1) is 23.1. The number of nitrogens with one attached hydrogen (secondary N) is 2. The summed E-state index contributed by atoms with van der Waals surface area (Å²) in [6.07, 6.45) is -1.02. The molecule has 7 nitrogen and oxygen atoms in total. The fourth-order valence-electron chi connectivity index (χ4n) is 2.35. The number of amides is 1. The number of sulfonamides is 1. The van der Waals surface area contributed by atoms with Crippen molar-refractivity contribution in [2.24, 2.45) is 5.73 Å². The maximum Gasteiger partial charge on any atom is 0.250 e. The van der Waals surface area contributed by atoms with Gasteiger partial charge in [-0.25, -0.2) is 13.1 Å². The molecule has 0 fully saturated rings. The van der Waals surface area contributed by atoms with Gasteiger partial charge in [-0.1, -0.05) is 48.5 Å². The van der Waals surface area contributed by atoms with Crippen molar-refractivity contribution in [2.75, 3.05) is 13.1 Å². The average Bonchev–Trinajstić information content (AvgIpc) is 2.66. The average molecular weight is 414 g/mol. The fraction of sp³-hybridized carbons (Fsp3) is 0.278. The Kier molecular flexibility index (Phi) is 9.40. The van der Waals surface area contributed by atoms with Gasteiger partial charge in [0, 0.05) is 19.1 Å². The van der Waals surface area contributed by atoms with Crippen LogP contribution in [-0.4, -0.2) is 44.7 Å². The molecule has 0 saturated carbocycles. The van der Waals surface area contributed by atoms with Crippen molar-refractivity contribution in [3.63, 3.8) is 0 Å². The van der Waals surface area contributed by atoms with Gasteiger partial charge < -0.3 is 16.2 Å². The minimum atomic E-state index is -3.62. The molecule has 9 heteroatoms. The van der Waals surface area contributed by atoms with Crippen molar-refractivity contribution < 1.29 is 18.3 Å². The summed E-state index contributed by atoms with van der Waals surface area (Å²) in [6, 6.07) is 16.5. The van der Waals surface area contributed by atoms with Gasteiger partial charge in [0.05, 0.1) is 4.90 Å². The Morgan fingerprint density at radius 2 is 1.56 bits per heavy atom. The van der Waals surface area contributed by atoms with E-state index in [0.29, 0.717) is 6.42 Å². The summed E-state index contributed by atoms with van der Waals surface area (Å²) in [4.78, 5) is 12.1. The molecule has 0 aliphatic rings. The van der Waals surface area contributed by atoms with Crippen molar-refractivity contribution in [2.45, 2.75) is 23.5 Å². The van der Waals surface area contributed by atoms with E-state index in [9.17, 15) is 18.3 Å². The Labute approximate surface area is 165 Å². The van der Waals surface area contributed by atoms with Gasteiger partial charge in [-0.15, -0.1) is 12.4 Å². The molecule has 0 heterocycles. The van der Waals surface area contributed by atoms with Crippen LogP contribution >= 0.6 is 12.4 Å². The van der Waals surface area contributed by atoms with E-state index < -0.39 is 28.1 Å². The third-order valence-corrected chi connectivity index (χ3v) is 5.24. The lowest BCUT2D eigenvalue weighted by atomic mass is 10.0. The Balaban J connectivity index is 0.00000364. The molecule has 0 radical (unpaired) electrons. The highest BCUT2D eigenvalue weighted by molar-refractivity contribution is 7.89. The van der Waals surface area contributed by atoms with E-state index >= 15 is 0 Å². The van der Waals surface area contributed by atoms with Crippen LogP contribution in [0.2, 0.25) is 0 Å². The van der Waals surface area contributed by atoms with Gasteiger partial charge in [-0.2, -0.15) is 0 Å². The zero-order valence-electron chi connectivity index (χ0n) is 14.6.